The summed E-state index contributed by atoms with van der Waals surface area (Å²) in [6, 6.07) is 0. The Morgan fingerprint density at radius 1 is 1.12 bits per heavy atom. The monoisotopic (exact) mass is 290 g/mol. The van der Waals surface area contributed by atoms with Crippen molar-refractivity contribution in [3.05, 3.63) is 0 Å². The molecule has 5 heteroatoms. The summed E-state index contributed by atoms with van der Waals surface area (Å²) >= 11 is 9.53. The summed E-state index contributed by atoms with van der Waals surface area (Å²) in [5, 5.41) is 15.7. The van der Waals surface area contributed by atoms with Crippen molar-refractivity contribution in [3.8, 4) is 0 Å². The number of halogens is 2. The second-order valence-corrected chi connectivity index (χ2v) is 4.23. The van der Waals surface area contributed by atoms with E-state index in [4.69, 9.17) is 38.2 Å². The molecule has 0 radical (unpaired) electrons. The van der Waals surface area contributed by atoms with E-state index in [0.29, 0.717) is 0 Å². The molecule has 0 spiro atoms. The minimum Gasteiger partial charge on any atom is -0.481 e. The molecule has 108 valence electrons. The zero-order valence-corrected chi connectivity index (χ0v) is 13.2. The first-order valence-corrected chi connectivity index (χ1v) is 6.86. The average molecular weight is 291 g/mol. The Morgan fingerprint density at radius 2 is 1.24 bits per heavy atom. The lowest BCUT2D eigenvalue weighted by Crippen LogP contribution is -1.85. The SMILES string of the molecule is CC(=O)O.CC(C)O.CCCCCC.ClCCl. The maximum absolute atomic E-state index is 9.00. The van der Waals surface area contributed by atoms with Gasteiger partial charge < -0.3 is 10.2 Å². The number of hydrogen-bond acceptors (Lipinski definition) is 2. The molecule has 0 aromatic rings. The van der Waals surface area contributed by atoms with Gasteiger partial charge in [0, 0.05) is 13.0 Å². The molecular formula is C12H28Cl2O3. The van der Waals surface area contributed by atoms with Crippen molar-refractivity contribution >= 4 is 29.2 Å². The van der Waals surface area contributed by atoms with Gasteiger partial charge in [-0.05, 0) is 13.8 Å². The number of carboxylic acid groups (broad SMARTS) is 1. The quantitative estimate of drug-likeness (QED) is 0.595. The topological polar surface area (TPSA) is 57.5 Å². The zero-order chi connectivity index (χ0) is 14.7. The Kier molecular flexibility index (Phi) is 45.1. The van der Waals surface area contributed by atoms with Crippen molar-refractivity contribution in [1.29, 1.82) is 0 Å². The standard InChI is InChI=1S/C6H14.C3H8O.C2H4O2.CH2Cl2/c1-3-5-6-4-2;1-3(2)4;1-2(3)4;2-1-3/h3-6H2,1-2H3;3-4H,1-2H3;1H3,(H,3,4);1H2. The van der Waals surface area contributed by atoms with E-state index >= 15 is 0 Å². The summed E-state index contributed by atoms with van der Waals surface area (Å²) in [6.45, 7) is 8.99. The van der Waals surface area contributed by atoms with Crippen LogP contribution in [-0.2, 0) is 4.79 Å². The van der Waals surface area contributed by atoms with Gasteiger partial charge in [0.2, 0.25) is 0 Å². The zero-order valence-electron chi connectivity index (χ0n) is 11.7. The third-order valence-corrected chi connectivity index (χ3v) is 0.957. The van der Waals surface area contributed by atoms with Crippen molar-refractivity contribution in [2.45, 2.75) is 66.4 Å². The summed E-state index contributed by atoms with van der Waals surface area (Å²) in [4.78, 5) is 9.00. The van der Waals surface area contributed by atoms with Gasteiger partial charge in [-0.15, -0.1) is 23.2 Å². The molecule has 2 N–H and O–H groups in total. The molecule has 17 heavy (non-hydrogen) atoms. The summed E-state index contributed by atoms with van der Waals surface area (Å²) < 4.78 is 0. The Balaban J connectivity index is -0.0000000688. The highest BCUT2D eigenvalue weighted by molar-refractivity contribution is 6.40. The molecular weight excluding hydrogens is 263 g/mol. The predicted octanol–water partition coefficient (Wildman–Crippen LogP) is 4.49. The van der Waals surface area contributed by atoms with Crippen molar-refractivity contribution < 1.29 is 15.0 Å². The number of alkyl halides is 2. The Hall–Kier alpha value is 0.01000. The van der Waals surface area contributed by atoms with Crippen LogP contribution in [0.4, 0.5) is 0 Å². The minimum atomic E-state index is -0.833. The van der Waals surface area contributed by atoms with E-state index in [0.717, 1.165) is 6.92 Å². The first kappa shape index (κ1) is 25.8. The first-order chi connectivity index (χ1) is 7.79. The molecule has 0 aromatic carbocycles. The summed E-state index contributed by atoms with van der Waals surface area (Å²) in [6.07, 6.45) is 5.37. The molecule has 0 aromatic heterocycles. The van der Waals surface area contributed by atoms with E-state index in [1.165, 1.54) is 25.7 Å². The molecule has 3 nitrogen and oxygen atoms in total. The maximum atomic E-state index is 9.00. The van der Waals surface area contributed by atoms with Crippen molar-refractivity contribution in [3.63, 3.8) is 0 Å². The lowest BCUT2D eigenvalue weighted by molar-refractivity contribution is -0.134. The number of rotatable bonds is 3. The average Bonchev–Trinajstić information content (AvgIpc) is 2.14. The van der Waals surface area contributed by atoms with Crippen LogP contribution in [0.2, 0.25) is 0 Å². The van der Waals surface area contributed by atoms with E-state index in [9.17, 15) is 0 Å². The smallest absolute Gasteiger partial charge is 0.300 e. The molecule has 0 heterocycles. The fourth-order valence-electron chi connectivity index (χ4n) is 0.500. The maximum Gasteiger partial charge on any atom is 0.300 e. The van der Waals surface area contributed by atoms with E-state index in [1.807, 2.05) is 0 Å². The van der Waals surface area contributed by atoms with Gasteiger partial charge in [-0.3, -0.25) is 4.79 Å². The minimum absolute atomic E-state index is 0.167. The molecule has 0 fully saturated rings. The number of carboxylic acids is 1. The molecule has 0 rings (SSSR count). The van der Waals surface area contributed by atoms with Gasteiger partial charge in [0.15, 0.2) is 0 Å². The van der Waals surface area contributed by atoms with Crippen molar-refractivity contribution in [2.24, 2.45) is 0 Å². The van der Waals surface area contributed by atoms with Crippen LogP contribution in [0, 0.1) is 0 Å². The second-order valence-electron chi connectivity index (χ2n) is 3.42. The molecule has 0 aliphatic heterocycles. The van der Waals surface area contributed by atoms with Gasteiger partial charge in [-0.1, -0.05) is 39.5 Å². The Bertz CT molecular complexity index is 110. The van der Waals surface area contributed by atoms with Gasteiger partial charge >= 0.3 is 0 Å². The highest BCUT2D eigenvalue weighted by Gasteiger charge is 1.75. The van der Waals surface area contributed by atoms with E-state index in [1.54, 1.807) is 13.8 Å². The van der Waals surface area contributed by atoms with E-state index < -0.39 is 5.97 Å². The van der Waals surface area contributed by atoms with Crippen LogP contribution in [0.15, 0.2) is 0 Å². The summed E-state index contributed by atoms with van der Waals surface area (Å²) in [5.74, 6) is -0.833. The summed E-state index contributed by atoms with van der Waals surface area (Å²) in [5.41, 5.74) is 0. The molecule has 0 bridgehead atoms. The first-order valence-electron chi connectivity index (χ1n) is 5.79. The predicted molar refractivity (Wildman–Crippen MR) is 77.1 cm³/mol. The molecule has 0 unspecified atom stereocenters. The van der Waals surface area contributed by atoms with Crippen LogP contribution in [0.5, 0.6) is 0 Å². The van der Waals surface area contributed by atoms with Crippen LogP contribution < -0.4 is 0 Å². The van der Waals surface area contributed by atoms with Gasteiger partial charge in [-0.2, -0.15) is 0 Å². The van der Waals surface area contributed by atoms with Crippen molar-refractivity contribution in [2.75, 3.05) is 5.34 Å². The fraction of sp³-hybridized carbons (Fsp3) is 0.917. The normalized spacial score (nSPS) is 7.82. The molecule has 0 saturated heterocycles. The lowest BCUT2D eigenvalue weighted by atomic mass is 10.2. The fourth-order valence-corrected chi connectivity index (χ4v) is 0.500. The lowest BCUT2D eigenvalue weighted by Gasteiger charge is -1.86. The van der Waals surface area contributed by atoms with E-state index in [2.05, 4.69) is 13.8 Å². The van der Waals surface area contributed by atoms with Crippen LogP contribution in [0.1, 0.15) is 60.3 Å². The molecule has 0 saturated carbocycles. The largest absolute Gasteiger partial charge is 0.481 e. The number of hydrogen-bond donors (Lipinski definition) is 2. The molecule has 0 aliphatic rings. The van der Waals surface area contributed by atoms with Crippen molar-refractivity contribution in [1.82, 2.24) is 0 Å². The van der Waals surface area contributed by atoms with Crippen LogP contribution in [-0.4, -0.2) is 27.6 Å². The third kappa shape index (κ3) is 347. The van der Waals surface area contributed by atoms with Gasteiger partial charge in [0.25, 0.3) is 5.97 Å². The van der Waals surface area contributed by atoms with Crippen LogP contribution in [0.3, 0.4) is 0 Å². The Morgan fingerprint density at radius 3 is 1.29 bits per heavy atom. The number of aliphatic hydroxyl groups is 1. The molecule has 0 aliphatic carbocycles. The highest BCUT2D eigenvalue weighted by atomic mass is 35.5. The second kappa shape index (κ2) is 29.8. The van der Waals surface area contributed by atoms with Gasteiger partial charge in [-0.25, -0.2) is 0 Å². The summed E-state index contributed by atoms with van der Waals surface area (Å²) in [7, 11) is 0. The number of aliphatic hydroxyl groups excluding tert-OH is 1. The van der Waals surface area contributed by atoms with Crippen LogP contribution in [0.25, 0.3) is 0 Å². The highest BCUT2D eigenvalue weighted by Crippen LogP contribution is 1.95. The Labute approximate surface area is 116 Å². The molecule has 0 amide bonds. The number of carbonyl (C=O) groups is 1. The number of unbranched alkanes of at least 4 members (excludes halogenated alkanes) is 3. The van der Waals surface area contributed by atoms with Gasteiger partial charge in [0.1, 0.15) is 0 Å². The molecule has 0 atom stereocenters. The van der Waals surface area contributed by atoms with Gasteiger partial charge in [0.05, 0.1) is 5.34 Å². The third-order valence-electron chi connectivity index (χ3n) is 0.957. The van der Waals surface area contributed by atoms with Crippen LogP contribution >= 0.6 is 23.2 Å². The number of aliphatic carboxylic acids is 1. The van der Waals surface area contributed by atoms with E-state index in [-0.39, 0.29) is 11.4 Å².